The number of benzene rings is 1. The molecule has 4 heteroatoms. The third-order valence-electron chi connectivity index (χ3n) is 3.42. The van der Waals surface area contributed by atoms with Gasteiger partial charge in [0.2, 0.25) is 5.91 Å². The standard InChI is InChI=1S/C15H19NO3/c1-3-19-15(18)14-11(2)9-13(17)16(14)10-12-7-5-4-6-8-12/h4-8,11,14H,3,9-10H2,1-2H3/t11-,14-/m0/s1. The maximum absolute atomic E-state index is 12.0. The van der Waals surface area contributed by atoms with E-state index in [1.807, 2.05) is 37.3 Å². The quantitative estimate of drug-likeness (QED) is 0.779. The number of amides is 1. The normalized spacial score (nSPS) is 22.6. The van der Waals surface area contributed by atoms with Crippen LogP contribution in [-0.2, 0) is 20.9 Å². The van der Waals surface area contributed by atoms with Crippen molar-refractivity contribution in [1.82, 2.24) is 4.90 Å². The third kappa shape index (κ3) is 2.95. The average Bonchev–Trinajstić information content (AvgIpc) is 2.66. The molecule has 0 aromatic heterocycles. The van der Waals surface area contributed by atoms with Crippen LogP contribution in [0.3, 0.4) is 0 Å². The highest BCUT2D eigenvalue weighted by Crippen LogP contribution is 2.27. The van der Waals surface area contributed by atoms with Gasteiger partial charge in [0, 0.05) is 13.0 Å². The van der Waals surface area contributed by atoms with Crippen LogP contribution in [0.4, 0.5) is 0 Å². The van der Waals surface area contributed by atoms with E-state index in [0.29, 0.717) is 19.6 Å². The summed E-state index contributed by atoms with van der Waals surface area (Å²) in [7, 11) is 0. The molecule has 19 heavy (non-hydrogen) atoms. The molecule has 1 amide bonds. The Hall–Kier alpha value is -1.84. The molecular formula is C15H19NO3. The Kier molecular flexibility index (Phi) is 4.20. The van der Waals surface area contributed by atoms with Gasteiger partial charge in [0.1, 0.15) is 6.04 Å². The number of nitrogens with zero attached hydrogens (tertiary/aromatic N) is 1. The monoisotopic (exact) mass is 261 g/mol. The number of hydrogen-bond acceptors (Lipinski definition) is 3. The van der Waals surface area contributed by atoms with Crippen LogP contribution in [0.2, 0.25) is 0 Å². The Morgan fingerprint density at radius 3 is 2.68 bits per heavy atom. The molecule has 1 aromatic carbocycles. The molecule has 0 saturated carbocycles. The summed E-state index contributed by atoms with van der Waals surface area (Å²) in [5.41, 5.74) is 1.03. The molecule has 2 atom stereocenters. The minimum absolute atomic E-state index is 0.00950. The van der Waals surface area contributed by atoms with Crippen molar-refractivity contribution >= 4 is 11.9 Å². The predicted molar refractivity (Wildman–Crippen MR) is 71.2 cm³/mol. The van der Waals surface area contributed by atoms with Crippen molar-refractivity contribution in [3.8, 4) is 0 Å². The third-order valence-corrected chi connectivity index (χ3v) is 3.42. The molecule has 1 aliphatic heterocycles. The van der Waals surface area contributed by atoms with Gasteiger partial charge >= 0.3 is 5.97 Å². The zero-order valence-electron chi connectivity index (χ0n) is 11.3. The lowest BCUT2D eigenvalue weighted by molar-refractivity contribution is -0.152. The van der Waals surface area contributed by atoms with E-state index < -0.39 is 6.04 Å². The zero-order chi connectivity index (χ0) is 13.8. The topological polar surface area (TPSA) is 46.6 Å². The van der Waals surface area contributed by atoms with Crippen LogP contribution >= 0.6 is 0 Å². The predicted octanol–water partition coefficient (Wildman–Crippen LogP) is 1.99. The van der Waals surface area contributed by atoms with Gasteiger partial charge in [-0.1, -0.05) is 37.3 Å². The first kappa shape index (κ1) is 13.6. The average molecular weight is 261 g/mol. The van der Waals surface area contributed by atoms with Crippen LogP contribution in [0, 0.1) is 5.92 Å². The molecule has 1 saturated heterocycles. The van der Waals surface area contributed by atoms with Crippen molar-refractivity contribution in [1.29, 1.82) is 0 Å². The first-order chi connectivity index (χ1) is 9.13. The zero-order valence-corrected chi connectivity index (χ0v) is 11.3. The summed E-state index contributed by atoms with van der Waals surface area (Å²) in [6.45, 7) is 4.51. The molecule has 0 bridgehead atoms. The van der Waals surface area contributed by atoms with Gasteiger partial charge in [0.05, 0.1) is 6.61 Å². The summed E-state index contributed by atoms with van der Waals surface area (Å²) in [6.07, 6.45) is 0.413. The molecule has 1 heterocycles. The lowest BCUT2D eigenvalue weighted by Crippen LogP contribution is -2.41. The van der Waals surface area contributed by atoms with Crippen LogP contribution in [0.25, 0.3) is 0 Å². The first-order valence-electron chi connectivity index (χ1n) is 6.63. The maximum atomic E-state index is 12.0. The summed E-state index contributed by atoms with van der Waals surface area (Å²) in [6, 6.07) is 9.25. The molecule has 0 unspecified atom stereocenters. The molecule has 0 aliphatic carbocycles. The number of carbonyl (C=O) groups excluding carboxylic acids is 2. The summed E-state index contributed by atoms with van der Waals surface area (Å²) < 4.78 is 5.08. The van der Waals surface area contributed by atoms with Crippen LogP contribution in [0.1, 0.15) is 25.8 Å². The Balaban J connectivity index is 2.16. The number of ether oxygens (including phenoxy) is 1. The number of rotatable bonds is 4. The minimum Gasteiger partial charge on any atom is -0.464 e. The molecule has 1 aliphatic rings. The van der Waals surface area contributed by atoms with Crippen molar-refractivity contribution in [2.45, 2.75) is 32.9 Å². The van der Waals surface area contributed by atoms with Crippen molar-refractivity contribution < 1.29 is 14.3 Å². The molecule has 4 nitrogen and oxygen atoms in total. The van der Waals surface area contributed by atoms with Crippen LogP contribution in [0.5, 0.6) is 0 Å². The Labute approximate surface area is 113 Å². The summed E-state index contributed by atoms with van der Waals surface area (Å²) in [5, 5.41) is 0. The van der Waals surface area contributed by atoms with E-state index in [-0.39, 0.29) is 17.8 Å². The van der Waals surface area contributed by atoms with E-state index in [0.717, 1.165) is 5.56 Å². The largest absolute Gasteiger partial charge is 0.464 e. The van der Waals surface area contributed by atoms with Crippen molar-refractivity contribution in [2.75, 3.05) is 6.61 Å². The molecule has 0 radical (unpaired) electrons. The summed E-state index contributed by atoms with van der Waals surface area (Å²) in [4.78, 5) is 25.6. The van der Waals surface area contributed by atoms with Gasteiger partial charge in [-0.2, -0.15) is 0 Å². The second kappa shape index (κ2) is 5.87. The first-order valence-corrected chi connectivity index (χ1v) is 6.63. The van der Waals surface area contributed by atoms with Crippen molar-refractivity contribution in [3.63, 3.8) is 0 Å². The van der Waals surface area contributed by atoms with Gasteiger partial charge in [-0.3, -0.25) is 4.79 Å². The highest BCUT2D eigenvalue weighted by Gasteiger charge is 2.42. The van der Waals surface area contributed by atoms with Crippen molar-refractivity contribution in [2.24, 2.45) is 5.92 Å². The second-order valence-corrected chi connectivity index (χ2v) is 4.89. The Morgan fingerprint density at radius 2 is 2.05 bits per heavy atom. The van der Waals surface area contributed by atoms with E-state index >= 15 is 0 Å². The molecule has 102 valence electrons. The maximum Gasteiger partial charge on any atom is 0.329 e. The molecular weight excluding hydrogens is 242 g/mol. The highest BCUT2D eigenvalue weighted by molar-refractivity contribution is 5.88. The Bertz CT molecular complexity index is 458. The number of hydrogen-bond donors (Lipinski definition) is 0. The highest BCUT2D eigenvalue weighted by atomic mass is 16.5. The van der Waals surface area contributed by atoms with Crippen LogP contribution in [0.15, 0.2) is 30.3 Å². The molecule has 0 spiro atoms. The van der Waals surface area contributed by atoms with Gasteiger partial charge in [-0.15, -0.1) is 0 Å². The fourth-order valence-corrected chi connectivity index (χ4v) is 2.52. The van der Waals surface area contributed by atoms with Crippen LogP contribution < -0.4 is 0 Å². The number of esters is 1. The van der Waals surface area contributed by atoms with Gasteiger partial charge in [-0.05, 0) is 18.4 Å². The molecule has 1 fully saturated rings. The fourth-order valence-electron chi connectivity index (χ4n) is 2.52. The number of likely N-dealkylation sites (tertiary alicyclic amines) is 1. The van der Waals surface area contributed by atoms with Gasteiger partial charge < -0.3 is 9.64 Å². The van der Waals surface area contributed by atoms with Crippen LogP contribution in [-0.4, -0.2) is 29.4 Å². The molecule has 0 N–H and O–H groups in total. The minimum atomic E-state index is -0.451. The number of carbonyl (C=O) groups is 2. The molecule has 2 rings (SSSR count). The lowest BCUT2D eigenvalue weighted by Gasteiger charge is -2.25. The summed E-state index contributed by atoms with van der Waals surface area (Å²) >= 11 is 0. The van der Waals surface area contributed by atoms with Gasteiger partial charge in [0.15, 0.2) is 0 Å². The fraction of sp³-hybridized carbons (Fsp3) is 0.467. The van der Waals surface area contributed by atoms with E-state index in [1.165, 1.54) is 0 Å². The van der Waals surface area contributed by atoms with Gasteiger partial charge in [-0.25, -0.2) is 4.79 Å². The van der Waals surface area contributed by atoms with E-state index in [2.05, 4.69) is 0 Å². The van der Waals surface area contributed by atoms with E-state index in [9.17, 15) is 9.59 Å². The Morgan fingerprint density at radius 1 is 1.37 bits per heavy atom. The van der Waals surface area contributed by atoms with Gasteiger partial charge in [0.25, 0.3) is 0 Å². The molecule has 1 aromatic rings. The van der Waals surface area contributed by atoms with Crippen molar-refractivity contribution in [3.05, 3.63) is 35.9 Å². The van der Waals surface area contributed by atoms with E-state index in [1.54, 1.807) is 11.8 Å². The SMILES string of the molecule is CCOC(=O)[C@@H]1[C@@H](C)CC(=O)N1Cc1ccccc1. The second-order valence-electron chi connectivity index (χ2n) is 4.89. The summed E-state index contributed by atoms with van der Waals surface area (Å²) in [5.74, 6) is -0.263. The van der Waals surface area contributed by atoms with E-state index in [4.69, 9.17) is 4.74 Å². The smallest absolute Gasteiger partial charge is 0.329 e. The lowest BCUT2D eigenvalue weighted by atomic mass is 10.0.